The van der Waals surface area contributed by atoms with Crippen LogP contribution >= 0.6 is 0 Å². The molecule has 7 rings (SSSR count). The second kappa shape index (κ2) is 15.7. The van der Waals surface area contributed by atoms with Crippen molar-refractivity contribution < 1.29 is 29.0 Å². The molecule has 14 nitrogen and oxygen atoms in total. The first-order chi connectivity index (χ1) is 26.8. The Kier molecular flexibility index (Phi) is 10.7. The molecule has 294 valence electrons. The van der Waals surface area contributed by atoms with Gasteiger partial charge in [-0.2, -0.15) is 0 Å². The second-order valence-electron chi connectivity index (χ2n) is 15.6. The van der Waals surface area contributed by atoms with Gasteiger partial charge in [-0.3, -0.25) is 14.5 Å². The molecular weight excluding hydrogens is 713 g/mol. The van der Waals surface area contributed by atoms with E-state index in [9.17, 15) is 24.3 Å². The van der Waals surface area contributed by atoms with Gasteiger partial charge in [0.15, 0.2) is 0 Å². The van der Waals surface area contributed by atoms with Gasteiger partial charge in [0.1, 0.15) is 23.7 Å². The van der Waals surface area contributed by atoms with Crippen LogP contribution < -0.4 is 5.32 Å². The summed E-state index contributed by atoms with van der Waals surface area (Å²) >= 11 is 0. The summed E-state index contributed by atoms with van der Waals surface area (Å²) in [6.07, 6.45) is 3.23. The van der Waals surface area contributed by atoms with Crippen molar-refractivity contribution in [2.75, 3.05) is 27.2 Å². The zero-order valence-corrected chi connectivity index (χ0v) is 32.7. The van der Waals surface area contributed by atoms with Crippen molar-refractivity contribution in [3.8, 4) is 22.4 Å². The number of methoxy groups -OCH3 is 1. The van der Waals surface area contributed by atoms with Crippen molar-refractivity contribution in [1.82, 2.24) is 40.0 Å². The van der Waals surface area contributed by atoms with Crippen molar-refractivity contribution in [3.05, 3.63) is 72.4 Å². The Balaban J connectivity index is 1.08. The number of amides is 4. The molecule has 0 bridgehead atoms. The molecule has 0 aliphatic carbocycles. The first-order valence-corrected chi connectivity index (χ1v) is 19.3. The van der Waals surface area contributed by atoms with E-state index in [1.807, 2.05) is 38.7 Å². The summed E-state index contributed by atoms with van der Waals surface area (Å²) in [5, 5.41) is 14.5. The Labute approximate surface area is 325 Å². The van der Waals surface area contributed by atoms with Crippen LogP contribution in [0.1, 0.15) is 77.1 Å². The molecule has 2 aliphatic heterocycles. The summed E-state index contributed by atoms with van der Waals surface area (Å²) in [5.74, 6) is 0.801. The molecule has 4 heterocycles. The smallest absolute Gasteiger partial charge is 0.407 e. The van der Waals surface area contributed by atoms with Gasteiger partial charge in [-0.1, -0.05) is 58.0 Å². The maximum atomic E-state index is 13.6. The van der Waals surface area contributed by atoms with Crippen LogP contribution in [0, 0.1) is 11.8 Å². The third-order valence-electron chi connectivity index (χ3n) is 11.3. The Hall–Kier alpha value is -5.92. The van der Waals surface area contributed by atoms with E-state index in [1.165, 1.54) is 14.2 Å². The number of likely N-dealkylation sites (tertiary alicyclic amines) is 2. The molecule has 4 atom stereocenters. The zero-order chi connectivity index (χ0) is 39.8. The normalized spacial score (nSPS) is 18.2. The van der Waals surface area contributed by atoms with Gasteiger partial charge in [0.05, 0.1) is 42.1 Å². The lowest BCUT2D eigenvalue weighted by atomic mass is 9.99. The van der Waals surface area contributed by atoms with Gasteiger partial charge in [-0.25, -0.2) is 19.6 Å². The second-order valence-corrected chi connectivity index (χ2v) is 15.6. The number of benzene rings is 3. The predicted molar refractivity (Wildman–Crippen MR) is 213 cm³/mol. The molecule has 0 saturated carbocycles. The van der Waals surface area contributed by atoms with Gasteiger partial charge in [0.2, 0.25) is 11.8 Å². The number of likely N-dealkylation sites (N-methyl/N-ethyl adjacent to an activating group) is 1. The molecule has 2 fully saturated rings. The lowest BCUT2D eigenvalue weighted by molar-refractivity contribution is -0.138. The van der Waals surface area contributed by atoms with Crippen LogP contribution in [-0.4, -0.2) is 103 Å². The molecule has 56 heavy (non-hydrogen) atoms. The molecule has 14 heteroatoms. The zero-order valence-electron chi connectivity index (χ0n) is 32.7. The summed E-state index contributed by atoms with van der Waals surface area (Å²) in [7, 11) is 2.74. The van der Waals surface area contributed by atoms with E-state index in [2.05, 4.69) is 63.8 Å². The van der Waals surface area contributed by atoms with Crippen LogP contribution in [0.4, 0.5) is 9.59 Å². The minimum absolute atomic E-state index is 0.112. The van der Waals surface area contributed by atoms with Crippen molar-refractivity contribution in [2.24, 2.45) is 11.8 Å². The number of imidazole rings is 2. The van der Waals surface area contributed by atoms with Crippen LogP contribution in [0.25, 0.3) is 44.2 Å². The van der Waals surface area contributed by atoms with E-state index in [1.54, 1.807) is 11.1 Å². The van der Waals surface area contributed by atoms with E-state index < -0.39 is 24.3 Å². The van der Waals surface area contributed by atoms with Crippen molar-refractivity contribution in [3.63, 3.8) is 0 Å². The average Bonchev–Trinajstić information content (AvgIpc) is 4.01. The van der Waals surface area contributed by atoms with E-state index >= 15 is 0 Å². The molecule has 4 N–H and O–H groups in total. The van der Waals surface area contributed by atoms with Gasteiger partial charge in [0.25, 0.3) is 0 Å². The molecule has 3 aromatic carbocycles. The summed E-state index contributed by atoms with van der Waals surface area (Å²) in [4.78, 5) is 72.2. The minimum Gasteiger partial charge on any atom is -0.465 e. The highest BCUT2D eigenvalue weighted by molar-refractivity contribution is 5.92. The molecule has 2 aliphatic rings. The SMILES string of the molecule is COC(=O)N[C@H](C(=O)N1CCCC1c1nc2ccc(-c3ccc4cc(-c5cnc([C@@H]6CCCN6C(=O)[C@H](C(C)C)N(C)C(=O)O)[nH]5)ccc4c3)cc2[nH]1)C(C)C. The van der Waals surface area contributed by atoms with Gasteiger partial charge in [-0.15, -0.1) is 0 Å². The fourth-order valence-corrected chi connectivity index (χ4v) is 8.31. The highest BCUT2D eigenvalue weighted by atomic mass is 16.5. The molecule has 0 spiro atoms. The van der Waals surface area contributed by atoms with Gasteiger partial charge < -0.3 is 34.9 Å². The number of aromatic amines is 2. The molecule has 1 unspecified atom stereocenters. The van der Waals surface area contributed by atoms with Crippen LogP contribution in [0.15, 0.2) is 60.8 Å². The van der Waals surface area contributed by atoms with Gasteiger partial charge in [0, 0.05) is 25.7 Å². The van der Waals surface area contributed by atoms with Crippen molar-refractivity contribution in [2.45, 2.75) is 77.5 Å². The number of fused-ring (bicyclic) bond motifs is 2. The lowest BCUT2D eigenvalue weighted by Gasteiger charge is -2.33. The predicted octanol–water partition coefficient (Wildman–Crippen LogP) is 7.12. The fraction of sp³-hybridized carbons (Fsp3) is 0.429. The summed E-state index contributed by atoms with van der Waals surface area (Å²) in [6.45, 7) is 8.67. The largest absolute Gasteiger partial charge is 0.465 e. The van der Waals surface area contributed by atoms with Gasteiger partial charge in [-0.05, 0) is 83.7 Å². The molecule has 0 radical (unpaired) electrons. The van der Waals surface area contributed by atoms with Crippen LogP contribution in [-0.2, 0) is 14.3 Å². The lowest BCUT2D eigenvalue weighted by Crippen LogP contribution is -2.51. The van der Waals surface area contributed by atoms with Crippen LogP contribution in [0.2, 0.25) is 0 Å². The summed E-state index contributed by atoms with van der Waals surface area (Å²) in [5.41, 5.74) is 5.60. The molecule has 2 aromatic heterocycles. The third kappa shape index (κ3) is 7.39. The van der Waals surface area contributed by atoms with Crippen LogP contribution in [0.3, 0.4) is 0 Å². The molecular formula is C42H50N8O6. The average molecular weight is 763 g/mol. The maximum Gasteiger partial charge on any atom is 0.407 e. The van der Waals surface area contributed by atoms with E-state index in [-0.39, 0.29) is 35.7 Å². The Bertz CT molecular complexity index is 2280. The number of nitrogens with zero attached hydrogens (tertiary/aromatic N) is 5. The van der Waals surface area contributed by atoms with Crippen LogP contribution in [0.5, 0.6) is 0 Å². The van der Waals surface area contributed by atoms with Crippen molar-refractivity contribution >= 4 is 45.8 Å². The topological polar surface area (TPSA) is 177 Å². The number of carbonyl (C=O) groups excluding carboxylic acids is 3. The first kappa shape index (κ1) is 38.4. The number of rotatable bonds is 10. The Morgan fingerprint density at radius 2 is 1.43 bits per heavy atom. The number of ether oxygens (including phenoxy) is 1. The van der Waals surface area contributed by atoms with E-state index in [4.69, 9.17) is 14.7 Å². The standard InChI is InChI=1S/C42H50N8O6/c1-23(2)35(47-41(53)56-6)39(51)49-17-8-10-34(49)38-44-30-16-15-28(21-31(30)45-38)26-11-12-27-20-29(14-13-25(27)19-26)32-22-43-37(46-32)33-9-7-18-50(33)40(52)36(24(3)4)48(5)42(54)55/h11-16,19-24,33-36H,7-10,17-18H2,1-6H3,(H,43,46)(H,44,45)(H,47,53)(H,54,55)/t33-,34?,35-,36-/m0/s1. The third-order valence-corrected chi connectivity index (χ3v) is 11.3. The highest BCUT2D eigenvalue weighted by Gasteiger charge is 2.40. The number of hydrogen-bond donors (Lipinski definition) is 4. The summed E-state index contributed by atoms with van der Waals surface area (Å²) < 4.78 is 4.77. The monoisotopic (exact) mass is 762 g/mol. The Morgan fingerprint density at radius 3 is 2.07 bits per heavy atom. The number of nitrogens with one attached hydrogen (secondary N) is 3. The number of hydrogen-bond acceptors (Lipinski definition) is 7. The quantitative estimate of drug-likeness (QED) is 0.116. The highest BCUT2D eigenvalue weighted by Crippen LogP contribution is 2.36. The number of carboxylic acid groups (broad SMARTS) is 1. The number of alkyl carbamates (subject to hydrolysis) is 1. The van der Waals surface area contributed by atoms with Gasteiger partial charge >= 0.3 is 12.2 Å². The Morgan fingerprint density at radius 1 is 0.821 bits per heavy atom. The van der Waals surface area contributed by atoms with Crippen molar-refractivity contribution in [1.29, 1.82) is 0 Å². The number of H-pyrrole nitrogens is 2. The maximum absolute atomic E-state index is 13.6. The molecule has 4 amide bonds. The fourth-order valence-electron chi connectivity index (χ4n) is 8.31. The van der Waals surface area contributed by atoms with E-state index in [0.29, 0.717) is 18.9 Å². The molecule has 5 aromatic rings. The first-order valence-electron chi connectivity index (χ1n) is 19.3. The molecule has 2 saturated heterocycles. The van der Waals surface area contributed by atoms with E-state index in [0.717, 1.165) is 80.6 Å². The number of aromatic nitrogens is 4. The minimum atomic E-state index is -1.12. The summed E-state index contributed by atoms with van der Waals surface area (Å²) in [6, 6.07) is 16.8. The number of carbonyl (C=O) groups is 4.